The van der Waals surface area contributed by atoms with Gasteiger partial charge in [0.2, 0.25) is 0 Å². The largest absolute Gasteiger partial charge is 0.222 e. The smallest absolute Gasteiger partial charge is 0.0898 e. The number of hydrogen-bond donors (Lipinski definition) is 0. The molecule has 13 heavy (non-hydrogen) atoms. The number of nitrogens with zero attached hydrogens (tertiary/aromatic N) is 2. The van der Waals surface area contributed by atoms with Gasteiger partial charge in [0, 0.05) is 0 Å². The molecule has 1 aliphatic rings. The Balaban J connectivity index is 2.24. The van der Waals surface area contributed by atoms with Gasteiger partial charge in [0.05, 0.1) is 18.6 Å². The van der Waals surface area contributed by atoms with Crippen LogP contribution in [0, 0.1) is 0 Å². The van der Waals surface area contributed by atoms with Gasteiger partial charge in [-0.15, -0.1) is 0 Å². The van der Waals surface area contributed by atoms with Crippen molar-refractivity contribution in [1.82, 2.24) is 0 Å². The summed E-state index contributed by atoms with van der Waals surface area (Å²) >= 11 is 0. The average molecular weight is 178 g/mol. The van der Waals surface area contributed by atoms with Gasteiger partial charge >= 0.3 is 0 Å². The minimum absolute atomic E-state index is 0.503. The Morgan fingerprint density at radius 1 is 1.31 bits per heavy atom. The summed E-state index contributed by atoms with van der Waals surface area (Å²) in [5, 5.41) is 0. The third-order valence-electron chi connectivity index (χ3n) is 2.32. The monoisotopic (exact) mass is 178 g/mol. The predicted molar refractivity (Wildman–Crippen MR) is 56.4 cm³/mol. The third-order valence-corrected chi connectivity index (χ3v) is 2.32. The maximum atomic E-state index is 4.30. The standard InChI is InChI=1S/C11H18N2/c1-2-3-9-12-10-13-11-7-5-4-6-8-11/h2-3,11H,4-9H2,1H3. The van der Waals surface area contributed by atoms with Crippen LogP contribution in [-0.2, 0) is 0 Å². The molecule has 0 radical (unpaired) electrons. The summed E-state index contributed by atoms with van der Waals surface area (Å²) in [6.45, 7) is 2.71. The number of aliphatic imine (C=N–C) groups is 2. The molecule has 0 amide bonds. The zero-order valence-electron chi connectivity index (χ0n) is 8.37. The fourth-order valence-electron chi connectivity index (χ4n) is 1.53. The van der Waals surface area contributed by atoms with Crippen LogP contribution in [0.3, 0.4) is 0 Å². The first-order valence-electron chi connectivity index (χ1n) is 5.16. The summed E-state index contributed by atoms with van der Waals surface area (Å²) in [5.41, 5.74) is 0. The molecule has 2 nitrogen and oxygen atoms in total. The van der Waals surface area contributed by atoms with Gasteiger partial charge in [-0.3, -0.25) is 0 Å². The molecule has 0 saturated heterocycles. The van der Waals surface area contributed by atoms with E-state index in [1.807, 2.05) is 19.1 Å². The highest BCUT2D eigenvalue weighted by molar-refractivity contribution is 5.41. The molecule has 0 heterocycles. The molecule has 1 aliphatic carbocycles. The molecule has 0 aromatic carbocycles. The Morgan fingerprint density at radius 2 is 2.08 bits per heavy atom. The molecule has 0 aromatic heterocycles. The number of rotatable bonds is 3. The fourth-order valence-corrected chi connectivity index (χ4v) is 1.53. The lowest BCUT2D eigenvalue weighted by Gasteiger charge is -2.15. The number of hydrogen-bond acceptors (Lipinski definition) is 2. The van der Waals surface area contributed by atoms with Gasteiger partial charge < -0.3 is 0 Å². The molecule has 0 aromatic rings. The second-order valence-corrected chi connectivity index (χ2v) is 3.43. The quantitative estimate of drug-likeness (QED) is 0.468. The minimum Gasteiger partial charge on any atom is -0.222 e. The minimum atomic E-state index is 0.503. The van der Waals surface area contributed by atoms with Crippen molar-refractivity contribution in [2.45, 2.75) is 45.1 Å². The molecular weight excluding hydrogens is 160 g/mol. The first-order valence-corrected chi connectivity index (χ1v) is 5.16. The lowest BCUT2D eigenvalue weighted by Crippen LogP contribution is -2.08. The van der Waals surface area contributed by atoms with Crippen LogP contribution < -0.4 is 0 Å². The molecule has 0 spiro atoms. The van der Waals surface area contributed by atoms with E-state index < -0.39 is 0 Å². The number of allylic oxidation sites excluding steroid dienone is 1. The summed E-state index contributed by atoms with van der Waals surface area (Å²) in [7, 11) is 0. The molecule has 72 valence electrons. The maximum absolute atomic E-state index is 4.30. The molecular formula is C11H18N2. The van der Waals surface area contributed by atoms with E-state index in [4.69, 9.17) is 0 Å². The molecule has 0 atom stereocenters. The molecule has 0 bridgehead atoms. The molecule has 1 saturated carbocycles. The van der Waals surface area contributed by atoms with Crippen LogP contribution in [0.15, 0.2) is 22.1 Å². The van der Waals surface area contributed by atoms with Crippen molar-refractivity contribution in [3.8, 4) is 0 Å². The normalized spacial score (nSPS) is 18.5. The van der Waals surface area contributed by atoms with Gasteiger partial charge in [0.1, 0.15) is 0 Å². The van der Waals surface area contributed by atoms with Crippen molar-refractivity contribution < 1.29 is 0 Å². The van der Waals surface area contributed by atoms with Gasteiger partial charge in [-0.1, -0.05) is 31.4 Å². The van der Waals surface area contributed by atoms with Crippen LogP contribution in [0.25, 0.3) is 0 Å². The van der Waals surface area contributed by atoms with Crippen molar-refractivity contribution in [2.24, 2.45) is 9.98 Å². The SMILES string of the molecule is CC=CCN=C=NC1CCCCC1. The highest BCUT2D eigenvalue weighted by Gasteiger charge is 2.10. The van der Waals surface area contributed by atoms with Gasteiger partial charge in [-0.25, -0.2) is 9.98 Å². The van der Waals surface area contributed by atoms with E-state index >= 15 is 0 Å². The van der Waals surface area contributed by atoms with Crippen LogP contribution in [0.4, 0.5) is 0 Å². The first kappa shape index (κ1) is 10.2. The fraction of sp³-hybridized carbons (Fsp3) is 0.727. The van der Waals surface area contributed by atoms with Crippen molar-refractivity contribution in [3.63, 3.8) is 0 Å². The highest BCUT2D eigenvalue weighted by atomic mass is 14.8. The Hall–Kier alpha value is -0.880. The Kier molecular flexibility index (Phi) is 5.19. The van der Waals surface area contributed by atoms with Crippen LogP contribution in [0.5, 0.6) is 0 Å². The lowest BCUT2D eigenvalue weighted by molar-refractivity contribution is 0.444. The second kappa shape index (κ2) is 6.62. The van der Waals surface area contributed by atoms with Crippen LogP contribution in [0.2, 0.25) is 0 Å². The molecule has 0 aliphatic heterocycles. The van der Waals surface area contributed by atoms with E-state index in [2.05, 4.69) is 16.0 Å². The van der Waals surface area contributed by atoms with E-state index in [-0.39, 0.29) is 0 Å². The van der Waals surface area contributed by atoms with Crippen molar-refractivity contribution >= 4 is 6.01 Å². The van der Waals surface area contributed by atoms with Crippen LogP contribution in [0.1, 0.15) is 39.0 Å². The highest BCUT2D eigenvalue weighted by Crippen LogP contribution is 2.19. The third kappa shape index (κ3) is 4.64. The zero-order valence-corrected chi connectivity index (χ0v) is 8.37. The van der Waals surface area contributed by atoms with E-state index in [9.17, 15) is 0 Å². The Bertz CT molecular complexity index is 206. The predicted octanol–water partition coefficient (Wildman–Crippen LogP) is 3.07. The van der Waals surface area contributed by atoms with Gasteiger partial charge in [-0.2, -0.15) is 0 Å². The van der Waals surface area contributed by atoms with E-state index in [0.717, 1.165) is 0 Å². The first-order chi connectivity index (χ1) is 6.43. The molecule has 2 heteroatoms. The molecule has 0 N–H and O–H groups in total. The summed E-state index contributed by atoms with van der Waals surface area (Å²) < 4.78 is 0. The topological polar surface area (TPSA) is 24.7 Å². The lowest BCUT2D eigenvalue weighted by atomic mass is 9.96. The van der Waals surface area contributed by atoms with Gasteiger partial charge in [0.25, 0.3) is 0 Å². The van der Waals surface area contributed by atoms with Crippen LogP contribution >= 0.6 is 0 Å². The Labute approximate surface area is 80.5 Å². The van der Waals surface area contributed by atoms with Crippen molar-refractivity contribution in [2.75, 3.05) is 6.54 Å². The van der Waals surface area contributed by atoms with E-state index in [1.165, 1.54) is 32.1 Å². The summed E-state index contributed by atoms with van der Waals surface area (Å²) in [6.07, 6.45) is 10.5. The second-order valence-electron chi connectivity index (χ2n) is 3.43. The van der Waals surface area contributed by atoms with E-state index in [0.29, 0.717) is 12.6 Å². The maximum Gasteiger partial charge on any atom is 0.0898 e. The van der Waals surface area contributed by atoms with Gasteiger partial charge in [0.15, 0.2) is 0 Å². The average Bonchev–Trinajstić information content (AvgIpc) is 2.19. The van der Waals surface area contributed by atoms with Crippen molar-refractivity contribution in [1.29, 1.82) is 0 Å². The van der Waals surface area contributed by atoms with Crippen LogP contribution in [-0.4, -0.2) is 18.6 Å². The summed E-state index contributed by atoms with van der Waals surface area (Å²) in [4.78, 5) is 8.36. The Morgan fingerprint density at radius 3 is 2.77 bits per heavy atom. The molecule has 0 unspecified atom stereocenters. The van der Waals surface area contributed by atoms with Crippen molar-refractivity contribution in [3.05, 3.63) is 12.2 Å². The van der Waals surface area contributed by atoms with E-state index in [1.54, 1.807) is 0 Å². The molecule has 1 fully saturated rings. The summed E-state index contributed by atoms with van der Waals surface area (Å²) in [5.74, 6) is 0. The molecule has 1 rings (SSSR count). The van der Waals surface area contributed by atoms with Gasteiger partial charge in [-0.05, 0) is 19.8 Å². The zero-order chi connectivity index (χ0) is 9.36. The summed E-state index contributed by atoms with van der Waals surface area (Å²) in [6, 6.07) is 3.29.